The Labute approximate surface area is 94.0 Å². The van der Waals surface area contributed by atoms with Gasteiger partial charge in [0.05, 0.1) is 0 Å². The van der Waals surface area contributed by atoms with Crippen LogP contribution in [0.3, 0.4) is 0 Å². The Morgan fingerprint density at radius 3 is 2.87 bits per heavy atom. The molecule has 1 aliphatic heterocycles. The molecule has 1 N–H and O–H groups in total. The Bertz CT molecular complexity index is 381. The van der Waals surface area contributed by atoms with Crippen LogP contribution in [0.1, 0.15) is 11.6 Å². The highest BCUT2D eigenvalue weighted by molar-refractivity contribution is 6.31. The molecule has 4 heteroatoms. The number of benzene rings is 1. The summed E-state index contributed by atoms with van der Waals surface area (Å²) in [7, 11) is 1.94. The van der Waals surface area contributed by atoms with Gasteiger partial charge in [-0.2, -0.15) is 0 Å². The summed E-state index contributed by atoms with van der Waals surface area (Å²) in [6.45, 7) is 1.55. The van der Waals surface area contributed by atoms with Crippen molar-refractivity contribution in [3.63, 3.8) is 0 Å². The van der Waals surface area contributed by atoms with Crippen molar-refractivity contribution in [3.8, 4) is 0 Å². The number of nitrogens with one attached hydrogen (secondary N) is 1. The number of amides is 1. The molecule has 1 aromatic carbocycles. The van der Waals surface area contributed by atoms with Crippen molar-refractivity contribution in [2.45, 2.75) is 6.04 Å². The molecule has 1 saturated heterocycles. The lowest BCUT2D eigenvalue weighted by Gasteiger charge is -2.32. The van der Waals surface area contributed by atoms with E-state index in [0.717, 1.165) is 12.1 Å². The summed E-state index contributed by atoms with van der Waals surface area (Å²) in [6, 6.07) is 7.22. The summed E-state index contributed by atoms with van der Waals surface area (Å²) in [4.78, 5) is 13.8. The van der Waals surface area contributed by atoms with Crippen molar-refractivity contribution in [1.82, 2.24) is 10.2 Å². The van der Waals surface area contributed by atoms with E-state index >= 15 is 0 Å². The summed E-state index contributed by atoms with van der Waals surface area (Å²) in [5, 5.41) is 3.49. The molecule has 15 heavy (non-hydrogen) atoms. The molecule has 1 unspecified atom stereocenters. The normalized spacial score (nSPS) is 22.5. The van der Waals surface area contributed by atoms with Gasteiger partial charge in [0, 0.05) is 18.1 Å². The molecule has 80 valence electrons. The summed E-state index contributed by atoms with van der Waals surface area (Å²) in [6.07, 6.45) is 0. The van der Waals surface area contributed by atoms with E-state index < -0.39 is 0 Å². The van der Waals surface area contributed by atoms with Gasteiger partial charge in [0.1, 0.15) is 6.04 Å². The van der Waals surface area contributed by atoms with Gasteiger partial charge in [0.25, 0.3) is 0 Å². The molecule has 1 atom stereocenters. The van der Waals surface area contributed by atoms with Crippen molar-refractivity contribution < 1.29 is 4.79 Å². The second-order valence-electron chi connectivity index (χ2n) is 3.70. The topological polar surface area (TPSA) is 32.3 Å². The molecule has 1 aliphatic rings. The molecular weight excluding hydrogens is 212 g/mol. The SMILES string of the molecule is CN1CCNC(=O)C1c1ccccc1Cl. The summed E-state index contributed by atoms with van der Waals surface area (Å²) in [5.74, 6) is 0.0249. The van der Waals surface area contributed by atoms with Crippen LogP contribution in [0.2, 0.25) is 5.02 Å². The molecule has 0 radical (unpaired) electrons. The molecule has 1 heterocycles. The number of halogens is 1. The fourth-order valence-electron chi connectivity index (χ4n) is 1.86. The summed E-state index contributed by atoms with van der Waals surface area (Å²) >= 11 is 6.08. The van der Waals surface area contributed by atoms with Crippen LogP contribution in [0.5, 0.6) is 0 Å². The average molecular weight is 225 g/mol. The minimum atomic E-state index is -0.257. The van der Waals surface area contributed by atoms with Crippen LogP contribution in [0, 0.1) is 0 Å². The minimum Gasteiger partial charge on any atom is -0.353 e. The van der Waals surface area contributed by atoms with Gasteiger partial charge in [-0.1, -0.05) is 29.8 Å². The van der Waals surface area contributed by atoms with Gasteiger partial charge in [0.15, 0.2) is 0 Å². The number of rotatable bonds is 1. The Morgan fingerprint density at radius 1 is 1.47 bits per heavy atom. The van der Waals surface area contributed by atoms with Crippen LogP contribution in [-0.4, -0.2) is 30.9 Å². The Morgan fingerprint density at radius 2 is 2.20 bits per heavy atom. The molecule has 1 aromatic rings. The molecular formula is C11H13ClN2O. The molecule has 0 saturated carbocycles. The number of hydrogen-bond acceptors (Lipinski definition) is 2. The third-order valence-corrected chi connectivity index (χ3v) is 3.00. The minimum absolute atomic E-state index is 0.0249. The second-order valence-corrected chi connectivity index (χ2v) is 4.10. The van der Waals surface area contributed by atoms with Crippen molar-refractivity contribution in [1.29, 1.82) is 0 Å². The van der Waals surface area contributed by atoms with Crippen molar-refractivity contribution in [2.24, 2.45) is 0 Å². The van der Waals surface area contributed by atoms with Gasteiger partial charge in [-0.05, 0) is 18.7 Å². The highest BCUT2D eigenvalue weighted by Crippen LogP contribution is 2.27. The van der Waals surface area contributed by atoms with E-state index in [1.165, 1.54) is 0 Å². The zero-order valence-corrected chi connectivity index (χ0v) is 9.29. The number of piperazine rings is 1. The Hall–Kier alpha value is -1.06. The Kier molecular flexibility index (Phi) is 2.93. The predicted octanol–water partition coefficient (Wildman–Crippen LogP) is 1.44. The Balaban J connectivity index is 2.36. The zero-order chi connectivity index (χ0) is 10.8. The average Bonchev–Trinajstić information content (AvgIpc) is 2.20. The van der Waals surface area contributed by atoms with E-state index in [9.17, 15) is 4.79 Å². The van der Waals surface area contributed by atoms with Crippen LogP contribution in [-0.2, 0) is 4.79 Å². The second kappa shape index (κ2) is 4.21. The molecule has 0 bridgehead atoms. The predicted molar refractivity (Wildman–Crippen MR) is 59.8 cm³/mol. The lowest BCUT2D eigenvalue weighted by atomic mass is 10.0. The lowest BCUT2D eigenvalue weighted by Crippen LogP contribution is -2.48. The molecule has 1 amide bonds. The number of hydrogen-bond donors (Lipinski definition) is 1. The van der Waals surface area contributed by atoms with Gasteiger partial charge < -0.3 is 5.32 Å². The van der Waals surface area contributed by atoms with Gasteiger partial charge in [-0.3, -0.25) is 9.69 Å². The van der Waals surface area contributed by atoms with Crippen LogP contribution in [0.15, 0.2) is 24.3 Å². The largest absolute Gasteiger partial charge is 0.353 e. The van der Waals surface area contributed by atoms with Gasteiger partial charge in [0.2, 0.25) is 5.91 Å². The molecule has 0 spiro atoms. The maximum Gasteiger partial charge on any atom is 0.242 e. The third-order valence-electron chi connectivity index (χ3n) is 2.65. The monoisotopic (exact) mass is 224 g/mol. The zero-order valence-electron chi connectivity index (χ0n) is 8.53. The molecule has 1 fully saturated rings. The highest BCUT2D eigenvalue weighted by Gasteiger charge is 2.29. The standard InChI is InChI=1S/C11H13ClN2O/c1-14-7-6-13-11(15)10(14)8-4-2-3-5-9(8)12/h2-5,10H,6-7H2,1H3,(H,13,15). The van der Waals surface area contributed by atoms with Crippen molar-refractivity contribution in [2.75, 3.05) is 20.1 Å². The van der Waals surface area contributed by atoms with E-state index in [0.29, 0.717) is 11.6 Å². The number of carbonyl (C=O) groups is 1. The molecule has 0 aromatic heterocycles. The smallest absolute Gasteiger partial charge is 0.242 e. The first-order valence-corrected chi connectivity index (χ1v) is 5.30. The van der Waals surface area contributed by atoms with E-state index in [1.807, 2.05) is 36.2 Å². The van der Waals surface area contributed by atoms with Crippen LogP contribution >= 0.6 is 11.6 Å². The first-order valence-electron chi connectivity index (χ1n) is 4.92. The first kappa shape index (κ1) is 10.5. The van der Waals surface area contributed by atoms with Crippen LogP contribution in [0.25, 0.3) is 0 Å². The maximum atomic E-state index is 11.7. The number of carbonyl (C=O) groups excluding carboxylic acids is 1. The fourth-order valence-corrected chi connectivity index (χ4v) is 2.10. The molecule has 0 aliphatic carbocycles. The van der Waals surface area contributed by atoms with E-state index in [-0.39, 0.29) is 11.9 Å². The van der Waals surface area contributed by atoms with Crippen molar-refractivity contribution >= 4 is 17.5 Å². The quantitative estimate of drug-likeness (QED) is 0.783. The third kappa shape index (κ3) is 1.98. The highest BCUT2D eigenvalue weighted by atomic mass is 35.5. The van der Waals surface area contributed by atoms with Gasteiger partial charge in [-0.25, -0.2) is 0 Å². The molecule has 3 nitrogen and oxygen atoms in total. The summed E-state index contributed by atoms with van der Waals surface area (Å²) in [5.41, 5.74) is 0.874. The van der Waals surface area contributed by atoms with Crippen molar-refractivity contribution in [3.05, 3.63) is 34.9 Å². The van der Waals surface area contributed by atoms with Crippen LogP contribution in [0.4, 0.5) is 0 Å². The van der Waals surface area contributed by atoms with E-state index in [4.69, 9.17) is 11.6 Å². The van der Waals surface area contributed by atoms with E-state index in [2.05, 4.69) is 5.32 Å². The fraction of sp³-hybridized carbons (Fsp3) is 0.364. The number of nitrogens with zero attached hydrogens (tertiary/aromatic N) is 1. The van der Waals surface area contributed by atoms with Gasteiger partial charge in [-0.15, -0.1) is 0 Å². The number of likely N-dealkylation sites (N-methyl/N-ethyl adjacent to an activating group) is 1. The first-order chi connectivity index (χ1) is 7.20. The van der Waals surface area contributed by atoms with Crippen LogP contribution < -0.4 is 5.32 Å². The van der Waals surface area contributed by atoms with E-state index in [1.54, 1.807) is 0 Å². The summed E-state index contributed by atoms with van der Waals surface area (Å²) < 4.78 is 0. The van der Waals surface area contributed by atoms with Gasteiger partial charge >= 0.3 is 0 Å². The lowest BCUT2D eigenvalue weighted by molar-refractivity contribution is -0.128. The maximum absolute atomic E-state index is 11.7. The molecule has 2 rings (SSSR count).